The molecular weight excluding hydrogens is 428 g/mol. The first-order chi connectivity index (χ1) is 16.2. The van der Waals surface area contributed by atoms with Gasteiger partial charge < -0.3 is 19.3 Å². The van der Waals surface area contributed by atoms with Gasteiger partial charge in [0.2, 0.25) is 0 Å². The third kappa shape index (κ3) is 8.58. The molecule has 0 aliphatic carbocycles. The van der Waals surface area contributed by atoms with Crippen molar-refractivity contribution in [3.05, 3.63) is 59.7 Å². The molecular formula is C28H40N2O4. The molecule has 0 aromatic heterocycles. The normalized spacial score (nSPS) is 13.1. The highest BCUT2D eigenvalue weighted by molar-refractivity contribution is 5.99. The van der Waals surface area contributed by atoms with E-state index in [1.165, 1.54) is 0 Å². The Bertz CT molecular complexity index is 816. The first-order valence-electron chi connectivity index (χ1n) is 12.1. The summed E-state index contributed by atoms with van der Waals surface area (Å²) in [5.41, 5.74) is 1.36. The van der Waals surface area contributed by atoms with E-state index in [1.807, 2.05) is 100 Å². The summed E-state index contributed by atoms with van der Waals surface area (Å²) in [5.74, 6) is 1.35. The monoisotopic (exact) mass is 468 g/mol. The number of hydrogen-bond acceptors (Lipinski definition) is 6. The summed E-state index contributed by atoms with van der Waals surface area (Å²) in [6, 6.07) is 14.7. The van der Waals surface area contributed by atoms with E-state index in [-0.39, 0.29) is 23.4 Å². The molecule has 186 valence electrons. The molecule has 2 rings (SSSR count). The largest absolute Gasteiger partial charge is 0.494 e. The first-order valence-corrected chi connectivity index (χ1v) is 12.1. The summed E-state index contributed by atoms with van der Waals surface area (Å²) in [4.78, 5) is 30.8. The summed E-state index contributed by atoms with van der Waals surface area (Å²) in [6.07, 6.45) is 1.29. The van der Waals surface area contributed by atoms with Crippen LogP contribution in [0.2, 0.25) is 0 Å². The maximum absolute atomic E-state index is 13.3. The van der Waals surface area contributed by atoms with Crippen LogP contribution in [0.15, 0.2) is 48.5 Å². The van der Waals surface area contributed by atoms with E-state index in [0.717, 1.165) is 11.5 Å². The smallest absolute Gasteiger partial charge is 0.167 e. The topological polar surface area (TPSA) is 59.1 Å². The van der Waals surface area contributed by atoms with Crippen molar-refractivity contribution in [3.63, 3.8) is 0 Å². The number of Topliss-reactive ketones (excluding diaryl/α,β-unsaturated/α-hetero) is 2. The van der Waals surface area contributed by atoms with Gasteiger partial charge in [-0.2, -0.15) is 0 Å². The summed E-state index contributed by atoms with van der Waals surface area (Å²) >= 11 is 0. The van der Waals surface area contributed by atoms with Crippen molar-refractivity contribution in [2.75, 3.05) is 54.5 Å². The number of ether oxygens (including phenoxy) is 2. The third-order valence-electron chi connectivity index (χ3n) is 5.68. The maximum atomic E-state index is 13.3. The Balaban J connectivity index is 2.15. The molecule has 6 nitrogen and oxygen atoms in total. The van der Waals surface area contributed by atoms with Gasteiger partial charge in [0.1, 0.15) is 11.5 Å². The second-order valence-corrected chi connectivity index (χ2v) is 9.14. The van der Waals surface area contributed by atoms with Crippen molar-refractivity contribution in [3.8, 4) is 11.5 Å². The van der Waals surface area contributed by atoms with E-state index >= 15 is 0 Å². The zero-order valence-corrected chi connectivity index (χ0v) is 21.5. The lowest BCUT2D eigenvalue weighted by Gasteiger charge is -2.24. The number of nitrogens with zero attached hydrogens (tertiary/aromatic N) is 2. The van der Waals surface area contributed by atoms with Crippen LogP contribution >= 0.6 is 0 Å². The van der Waals surface area contributed by atoms with E-state index in [9.17, 15) is 9.59 Å². The van der Waals surface area contributed by atoms with Gasteiger partial charge in [-0.25, -0.2) is 0 Å². The van der Waals surface area contributed by atoms with Crippen LogP contribution in [0, 0.1) is 11.8 Å². The first kappa shape index (κ1) is 27.5. The van der Waals surface area contributed by atoms with Crippen LogP contribution in [0.25, 0.3) is 0 Å². The number of hydrogen-bond donors (Lipinski definition) is 0. The van der Waals surface area contributed by atoms with E-state index in [1.54, 1.807) is 0 Å². The van der Waals surface area contributed by atoms with Gasteiger partial charge in [0, 0.05) is 36.1 Å². The third-order valence-corrected chi connectivity index (χ3v) is 5.68. The Kier molecular flexibility index (Phi) is 11.2. The fourth-order valence-electron chi connectivity index (χ4n) is 4.13. The van der Waals surface area contributed by atoms with Crippen molar-refractivity contribution >= 4 is 11.6 Å². The molecule has 34 heavy (non-hydrogen) atoms. The average Bonchev–Trinajstić information content (AvgIpc) is 2.81. The van der Waals surface area contributed by atoms with Gasteiger partial charge in [-0.3, -0.25) is 9.59 Å². The number of benzene rings is 2. The molecule has 0 bridgehead atoms. The highest BCUT2D eigenvalue weighted by atomic mass is 16.5. The minimum Gasteiger partial charge on any atom is -0.494 e. The molecule has 0 heterocycles. The summed E-state index contributed by atoms with van der Waals surface area (Å²) in [6.45, 7) is 6.32. The van der Waals surface area contributed by atoms with Gasteiger partial charge in [-0.1, -0.05) is 0 Å². The van der Waals surface area contributed by atoms with Gasteiger partial charge in [0.15, 0.2) is 11.6 Å². The molecule has 0 radical (unpaired) electrons. The molecule has 2 atom stereocenters. The van der Waals surface area contributed by atoms with Gasteiger partial charge in [0.05, 0.1) is 13.2 Å². The highest BCUT2D eigenvalue weighted by Gasteiger charge is 2.26. The lowest BCUT2D eigenvalue weighted by Crippen LogP contribution is -2.32. The Morgan fingerprint density at radius 3 is 1.24 bits per heavy atom. The fraction of sp³-hybridized carbons (Fsp3) is 0.500. The van der Waals surface area contributed by atoms with Crippen molar-refractivity contribution in [2.45, 2.75) is 26.7 Å². The highest BCUT2D eigenvalue weighted by Crippen LogP contribution is 2.24. The Morgan fingerprint density at radius 1 is 0.647 bits per heavy atom. The Labute approximate surface area is 204 Å². The fourth-order valence-corrected chi connectivity index (χ4v) is 4.13. The quantitative estimate of drug-likeness (QED) is 0.354. The molecule has 0 saturated heterocycles. The second kappa shape index (κ2) is 13.9. The average molecular weight is 469 g/mol. The number of carbonyl (C=O) groups excluding carboxylic acids is 2. The van der Waals surface area contributed by atoms with Crippen LogP contribution in [0.1, 0.15) is 47.4 Å². The molecule has 0 amide bonds. The Hall–Kier alpha value is -2.70. The van der Waals surface area contributed by atoms with Crippen LogP contribution in [0.3, 0.4) is 0 Å². The minimum atomic E-state index is -0.189. The molecule has 6 heteroatoms. The van der Waals surface area contributed by atoms with E-state index in [4.69, 9.17) is 9.47 Å². The van der Waals surface area contributed by atoms with Gasteiger partial charge >= 0.3 is 0 Å². The number of rotatable bonds is 15. The Morgan fingerprint density at radius 2 is 0.971 bits per heavy atom. The van der Waals surface area contributed by atoms with Crippen molar-refractivity contribution < 1.29 is 19.1 Å². The minimum absolute atomic E-state index is 0.105. The van der Waals surface area contributed by atoms with Crippen molar-refractivity contribution in [2.24, 2.45) is 11.8 Å². The van der Waals surface area contributed by atoms with E-state index in [2.05, 4.69) is 0 Å². The summed E-state index contributed by atoms with van der Waals surface area (Å²) < 4.78 is 11.0. The molecule has 0 fully saturated rings. The molecule has 0 spiro atoms. The molecule has 0 aliphatic rings. The number of ketones is 2. The van der Waals surface area contributed by atoms with Crippen LogP contribution in [-0.4, -0.2) is 75.9 Å². The SMILES string of the molecule is CCOc1ccc(C(=O)[C@H](CC[C@H](CN(C)C)C(=O)c2ccc(OCC)cc2)CN(C)C)cc1. The molecule has 2 aromatic carbocycles. The standard InChI is InChI=1S/C28H40N2O4/c1-7-33-25-15-11-21(12-16-25)27(31)23(19-29(3)4)9-10-24(20-30(5)6)28(32)22-13-17-26(18-14-22)34-8-2/h11-18,23-24H,7-10,19-20H2,1-6H3/t23-,24-/m1/s1. The van der Waals surface area contributed by atoms with Gasteiger partial charge in [0.25, 0.3) is 0 Å². The zero-order valence-electron chi connectivity index (χ0n) is 21.5. The van der Waals surface area contributed by atoms with Gasteiger partial charge in [-0.05, 0) is 103 Å². The molecule has 2 aromatic rings. The van der Waals surface area contributed by atoms with Crippen LogP contribution < -0.4 is 9.47 Å². The zero-order chi connectivity index (χ0) is 25.1. The predicted molar refractivity (Wildman–Crippen MR) is 137 cm³/mol. The van der Waals surface area contributed by atoms with Crippen molar-refractivity contribution in [1.82, 2.24) is 9.80 Å². The lowest BCUT2D eigenvalue weighted by molar-refractivity contribution is 0.0834. The van der Waals surface area contributed by atoms with Gasteiger partial charge in [-0.15, -0.1) is 0 Å². The second-order valence-electron chi connectivity index (χ2n) is 9.14. The predicted octanol–water partition coefficient (Wildman–Crippen LogP) is 4.69. The maximum Gasteiger partial charge on any atom is 0.167 e. The van der Waals surface area contributed by atoms with Crippen LogP contribution in [0.5, 0.6) is 11.5 Å². The molecule has 0 aliphatic heterocycles. The van der Waals surface area contributed by atoms with E-state index < -0.39 is 0 Å². The molecule has 0 unspecified atom stereocenters. The van der Waals surface area contributed by atoms with E-state index in [0.29, 0.717) is 50.3 Å². The van der Waals surface area contributed by atoms with Crippen LogP contribution in [-0.2, 0) is 0 Å². The molecule has 0 saturated carbocycles. The lowest BCUT2D eigenvalue weighted by atomic mass is 9.86. The van der Waals surface area contributed by atoms with Crippen molar-refractivity contribution in [1.29, 1.82) is 0 Å². The number of carbonyl (C=O) groups is 2. The van der Waals surface area contributed by atoms with Crippen LogP contribution in [0.4, 0.5) is 0 Å². The summed E-state index contributed by atoms with van der Waals surface area (Å²) in [5, 5.41) is 0. The summed E-state index contributed by atoms with van der Waals surface area (Å²) in [7, 11) is 7.89. The molecule has 0 N–H and O–H groups in total.